The molecule has 0 aromatic heterocycles. The Bertz CT molecular complexity index is 1150. The van der Waals surface area contributed by atoms with Gasteiger partial charge in [0.25, 0.3) is 0 Å². The van der Waals surface area contributed by atoms with E-state index in [1.54, 1.807) is 24.3 Å². The van der Waals surface area contributed by atoms with Crippen molar-refractivity contribution in [1.82, 2.24) is 0 Å². The number of hydrazone groups is 1. The molecule has 1 aliphatic carbocycles. The molecule has 4 rings (SSSR count). The minimum Gasteiger partial charge on any atom is -0.492 e. The molecule has 2 aromatic carbocycles. The summed E-state index contributed by atoms with van der Waals surface area (Å²) in [4.78, 5) is 11.3. The average molecular weight is 456 g/mol. The Morgan fingerprint density at radius 3 is 2.84 bits per heavy atom. The largest absolute Gasteiger partial charge is 0.492 e. The van der Waals surface area contributed by atoms with Crippen LogP contribution >= 0.6 is 11.6 Å². The van der Waals surface area contributed by atoms with Crippen LogP contribution in [-0.4, -0.2) is 29.4 Å². The van der Waals surface area contributed by atoms with Gasteiger partial charge in [-0.05, 0) is 61.9 Å². The zero-order valence-corrected chi connectivity index (χ0v) is 18.2. The lowest BCUT2D eigenvalue weighted by atomic mass is 9.92. The first-order valence-electron chi connectivity index (χ1n) is 10.3. The van der Waals surface area contributed by atoms with E-state index in [1.165, 1.54) is 18.2 Å². The number of ether oxygens (including phenoxy) is 1. The number of halogens is 2. The van der Waals surface area contributed by atoms with Gasteiger partial charge in [-0.25, -0.2) is 9.18 Å². The molecule has 0 amide bonds. The lowest BCUT2D eigenvalue weighted by Gasteiger charge is -2.33. The number of nitrogen functional groups attached to an aromatic ring is 1. The predicted molar refractivity (Wildman–Crippen MR) is 124 cm³/mol. The van der Waals surface area contributed by atoms with E-state index in [4.69, 9.17) is 27.2 Å². The molecule has 32 heavy (non-hydrogen) atoms. The lowest BCUT2D eigenvalue weighted by Crippen LogP contribution is -2.36. The normalized spacial score (nSPS) is 19.7. The van der Waals surface area contributed by atoms with E-state index < -0.39 is 5.97 Å². The summed E-state index contributed by atoms with van der Waals surface area (Å²) >= 11 is 6.29. The third-order valence-corrected chi connectivity index (χ3v) is 6.03. The first kappa shape index (κ1) is 21.9. The number of benzene rings is 2. The number of carboxylic acid groups (broad SMARTS) is 1. The van der Waals surface area contributed by atoms with Crippen molar-refractivity contribution in [1.29, 1.82) is 0 Å². The monoisotopic (exact) mass is 455 g/mol. The van der Waals surface area contributed by atoms with Gasteiger partial charge in [-0.15, -0.1) is 0 Å². The van der Waals surface area contributed by atoms with Gasteiger partial charge in [0, 0.05) is 17.9 Å². The molecule has 0 saturated heterocycles. The predicted octanol–water partition coefficient (Wildman–Crippen LogP) is 5.43. The fourth-order valence-corrected chi connectivity index (χ4v) is 4.01. The molecule has 3 N–H and O–H groups in total. The van der Waals surface area contributed by atoms with Gasteiger partial charge in [0.2, 0.25) is 0 Å². The Labute approximate surface area is 190 Å². The topological polar surface area (TPSA) is 88.1 Å². The van der Waals surface area contributed by atoms with E-state index in [9.17, 15) is 14.3 Å². The summed E-state index contributed by atoms with van der Waals surface area (Å²) < 4.78 is 19.2. The standard InChI is InChI=1S/C24H23ClFN3O3/c1-14(15-2-5-17(26)6-3-15)29(18-7-9-21(27)20(25)13-18)28-22-10-11-32-23-12-16(24(30)31)4-8-19(22)23/h2,4-9,12-15H,3,10-11,27H2,1H3,(H,30,31)/b28-22+/t14-,15?/m1/s1. The maximum Gasteiger partial charge on any atom is 0.335 e. The molecule has 1 aliphatic heterocycles. The molecule has 8 heteroatoms. The van der Waals surface area contributed by atoms with E-state index in [1.807, 2.05) is 24.1 Å². The molecule has 2 aromatic rings. The molecule has 0 spiro atoms. The number of nitrogens with zero attached hydrogens (tertiary/aromatic N) is 2. The summed E-state index contributed by atoms with van der Waals surface area (Å²) in [5.41, 5.74) is 8.78. The highest BCUT2D eigenvalue weighted by Gasteiger charge is 2.26. The van der Waals surface area contributed by atoms with E-state index in [-0.39, 0.29) is 23.4 Å². The summed E-state index contributed by atoms with van der Waals surface area (Å²) in [5.74, 6) is -0.740. The Morgan fingerprint density at radius 1 is 1.34 bits per heavy atom. The Morgan fingerprint density at radius 2 is 2.16 bits per heavy atom. The van der Waals surface area contributed by atoms with Crippen LogP contribution in [0.5, 0.6) is 5.75 Å². The van der Waals surface area contributed by atoms with Gasteiger partial charge in [-0.2, -0.15) is 5.10 Å². The lowest BCUT2D eigenvalue weighted by molar-refractivity contribution is 0.0696. The van der Waals surface area contributed by atoms with Crippen LogP contribution in [0.25, 0.3) is 0 Å². The molecule has 1 unspecified atom stereocenters. The van der Waals surface area contributed by atoms with Crippen LogP contribution in [0.4, 0.5) is 15.8 Å². The highest BCUT2D eigenvalue weighted by atomic mass is 35.5. The summed E-state index contributed by atoms with van der Waals surface area (Å²) in [6.45, 7) is 2.41. The summed E-state index contributed by atoms with van der Waals surface area (Å²) in [6.07, 6.45) is 6.00. The number of nitrogens with two attached hydrogens (primary N) is 1. The average Bonchev–Trinajstić information content (AvgIpc) is 2.79. The SMILES string of the molecule is C[C@H](C1C=CC(F)=CC1)N(/N=C1\CCOc2cc(C(=O)O)ccc21)c1ccc(N)c(Cl)c1. The maximum absolute atomic E-state index is 13.5. The zero-order chi connectivity index (χ0) is 22.8. The fourth-order valence-electron chi connectivity index (χ4n) is 3.83. The van der Waals surface area contributed by atoms with E-state index in [0.29, 0.717) is 35.9 Å². The van der Waals surface area contributed by atoms with Crippen molar-refractivity contribution in [2.24, 2.45) is 11.0 Å². The second-order valence-electron chi connectivity index (χ2n) is 7.80. The Kier molecular flexibility index (Phi) is 6.19. The van der Waals surface area contributed by atoms with Gasteiger partial charge < -0.3 is 15.6 Å². The van der Waals surface area contributed by atoms with Crippen molar-refractivity contribution in [2.75, 3.05) is 17.3 Å². The molecule has 0 radical (unpaired) electrons. The Balaban J connectivity index is 1.75. The first-order chi connectivity index (χ1) is 15.3. The van der Waals surface area contributed by atoms with Gasteiger partial charge in [0.1, 0.15) is 11.6 Å². The van der Waals surface area contributed by atoms with Crippen molar-refractivity contribution >= 4 is 34.7 Å². The minimum absolute atomic E-state index is 0.0314. The van der Waals surface area contributed by atoms with Crippen LogP contribution in [0.1, 0.15) is 35.7 Å². The van der Waals surface area contributed by atoms with Gasteiger partial charge in [-0.3, -0.25) is 5.01 Å². The second-order valence-corrected chi connectivity index (χ2v) is 8.21. The first-order valence-corrected chi connectivity index (χ1v) is 10.7. The van der Waals surface area contributed by atoms with Gasteiger partial charge in [0.15, 0.2) is 0 Å². The molecule has 0 bridgehead atoms. The number of carboxylic acids is 1. The molecule has 0 saturated carbocycles. The van der Waals surface area contributed by atoms with Crippen molar-refractivity contribution in [3.05, 3.63) is 76.6 Å². The molecule has 1 heterocycles. The highest BCUT2D eigenvalue weighted by molar-refractivity contribution is 6.33. The molecule has 0 fully saturated rings. The van der Waals surface area contributed by atoms with E-state index >= 15 is 0 Å². The van der Waals surface area contributed by atoms with Gasteiger partial charge in [0.05, 0.1) is 40.3 Å². The van der Waals surface area contributed by atoms with Crippen molar-refractivity contribution in [3.63, 3.8) is 0 Å². The molecular weight excluding hydrogens is 433 g/mol. The quantitative estimate of drug-likeness (QED) is 0.463. The van der Waals surface area contributed by atoms with Crippen LogP contribution in [0.3, 0.4) is 0 Å². The molecule has 6 nitrogen and oxygen atoms in total. The number of anilines is 2. The fraction of sp³-hybridized carbons (Fsp3) is 0.250. The zero-order valence-electron chi connectivity index (χ0n) is 17.5. The van der Waals surface area contributed by atoms with Gasteiger partial charge in [-0.1, -0.05) is 17.7 Å². The summed E-state index contributed by atoms with van der Waals surface area (Å²) in [5, 5.41) is 16.5. The molecule has 2 aliphatic rings. The van der Waals surface area contributed by atoms with Crippen molar-refractivity contribution in [2.45, 2.75) is 25.8 Å². The van der Waals surface area contributed by atoms with E-state index in [2.05, 4.69) is 0 Å². The van der Waals surface area contributed by atoms with Crippen LogP contribution in [0.2, 0.25) is 5.02 Å². The van der Waals surface area contributed by atoms with Gasteiger partial charge >= 0.3 is 5.97 Å². The minimum atomic E-state index is -1.02. The number of allylic oxidation sites excluding steroid dienone is 3. The Hall–Kier alpha value is -3.32. The number of hydrogen-bond donors (Lipinski definition) is 2. The number of aromatic carboxylic acids is 1. The second kappa shape index (κ2) is 9.04. The van der Waals surface area contributed by atoms with Crippen LogP contribution in [0.15, 0.2) is 65.6 Å². The van der Waals surface area contributed by atoms with Crippen LogP contribution in [-0.2, 0) is 0 Å². The summed E-state index contributed by atoms with van der Waals surface area (Å²) in [7, 11) is 0. The number of hydrogen-bond acceptors (Lipinski definition) is 5. The number of rotatable bonds is 5. The van der Waals surface area contributed by atoms with Crippen LogP contribution in [0, 0.1) is 5.92 Å². The molecular formula is C24H23ClFN3O3. The highest BCUT2D eigenvalue weighted by Crippen LogP contribution is 2.33. The maximum atomic E-state index is 13.5. The number of carbonyl (C=O) groups is 1. The van der Waals surface area contributed by atoms with Crippen LogP contribution < -0.4 is 15.5 Å². The molecule has 166 valence electrons. The van der Waals surface area contributed by atoms with Crippen molar-refractivity contribution in [3.8, 4) is 5.75 Å². The summed E-state index contributed by atoms with van der Waals surface area (Å²) in [6, 6.07) is 9.98. The smallest absolute Gasteiger partial charge is 0.335 e. The third kappa shape index (κ3) is 4.48. The van der Waals surface area contributed by atoms with E-state index in [0.717, 1.165) is 17.0 Å². The number of fused-ring (bicyclic) bond motifs is 1. The molecule has 2 atom stereocenters. The van der Waals surface area contributed by atoms with Crippen molar-refractivity contribution < 1.29 is 19.0 Å². The third-order valence-electron chi connectivity index (χ3n) is 5.71.